The van der Waals surface area contributed by atoms with E-state index in [-0.39, 0.29) is 5.91 Å². The number of nitrogens with zero attached hydrogens (tertiary/aromatic N) is 1. The van der Waals surface area contributed by atoms with Crippen LogP contribution in [0.25, 0.3) is 0 Å². The highest BCUT2D eigenvalue weighted by Gasteiger charge is 2.30. The van der Waals surface area contributed by atoms with Gasteiger partial charge in [-0.25, -0.2) is 0 Å². The molecule has 0 radical (unpaired) electrons. The summed E-state index contributed by atoms with van der Waals surface area (Å²) in [5.74, 6) is -0.151. The second kappa shape index (κ2) is 5.56. The Hall–Kier alpha value is -1.36. The number of hydrogen-bond donors (Lipinski definition) is 3. The van der Waals surface area contributed by atoms with Crippen molar-refractivity contribution in [1.82, 2.24) is 15.5 Å². The van der Waals surface area contributed by atoms with Crippen LogP contribution in [0.2, 0.25) is 0 Å². The highest BCUT2D eigenvalue weighted by Crippen LogP contribution is 2.27. The largest absolute Gasteiger partial charge is 0.388 e. The lowest BCUT2D eigenvalue weighted by Crippen LogP contribution is -2.42. The Kier molecular flexibility index (Phi) is 3.78. The molecule has 1 saturated carbocycles. The summed E-state index contributed by atoms with van der Waals surface area (Å²) in [6.45, 7) is 0.341. The molecule has 20 heavy (non-hydrogen) atoms. The molecule has 5 heteroatoms. The summed E-state index contributed by atoms with van der Waals surface area (Å²) in [6.07, 6.45) is 9.03. The normalized spacial score (nSPS) is 21.2. The number of aromatic amines is 1. The summed E-state index contributed by atoms with van der Waals surface area (Å²) >= 11 is 0. The van der Waals surface area contributed by atoms with Crippen molar-refractivity contribution in [3.05, 3.63) is 17.0 Å². The van der Waals surface area contributed by atoms with E-state index in [1.165, 1.54) is 12.8 Å². The van der Waals surface area contributed by atoms with E-state index in [9.17, 15) is 9.90 Å². The van der Waals surface area contributed by atoms with Crippen LogP contribution in [0.1, 0.15) is 66.7 Å². The van der Waals surface area contributed by atoms with E-state index in [0.717, 1.165) is 56.2 Å². The van der Waals surface area contributed by atoms with Crippen molar-refractivity contribution in [3.8, 4) is 0 Å². The Bertz CT molecular complexity index is 487. The number of H-pyrrole nitrogens is 1. The fraction of sp³-hybridized carbons (Fsp3) is 0.733. The number of aliphatic hydroxyl groups is 1. The van der Waals surface area contributed by atoms with E-state index < -0.39 is 5.60 Å². The number of aryl methyl sites for hydroxylation is 1. The zero-order valence-electron chi connectivity index (χ0n) is 11.9. The zero-order chi connectivity index (χ0) is 14.0. The number of nitrogens with one attached hydrogen (secondary N) is 2. The maximum absolute atomic E-state index is 12.2. The Morgan fingerprint density at radius 1 is 1.20 bits per heavy atom. The van der Waals surface area contributed by atoms with E-state index in [1.54, 1.807) is 0 Å². The average molecular weight is 277 g/mol. The van der Waals surface area contributed by atoms with E-state index >= 15 is 0 Å². The van der Waals surface area contributed by atoms with Crippen molar-refractivity contribution in [2.75, 3.05) is 6.54 Å². The molecule has 3 rings (SSSR count). The molecule has 0 aromatic carbocycles. The Morgan fingerprint density at radius 2 is 1.95 bits per heavy atom. The molecule has 1 aromatic rings. The highest BCUT2D eigenvalue weighted by atomic mass is 16.3. The first-order valence-corrected chi connectivity index (χ1v) is 7.75. The van der Waals surface area contributed by atoms with Crippen LogP contribution < -0.4 is 5.32 Å². The minimum atomic E-state index is -0.731. The Labute approximate surface area is 119 Å². The van der Waals surface area contributed by atoms with Gasteiger partial charge < -0.3 is 10.4 Å². The minimum absolute atomic E-state index is 0.151. The number of hydrogen-bond acceptors (Lipinski definition) is 3. The summed E-state index contributed by atoms with van der Waals surface area (Å²) < 4.78 is 0. The van der Waals surface area contributed by atoms with Gasteiger partial charge in [-0.15, -0.1) is 0 Å². The summed E-state index contributed by atoms with van der Waals surface area (Å²) in [6, 6.07) is 0. The summed E-state index contributed by atoms with van der Waals surface area (Å²) in [7, 11) is 0. The van der Waals surface area contributed by atoms with E-state index in [1.807, 2.05) is 0 Å². The van der Waals surface area contributed by atoms with Gasteiger partial charge in [0.05, 0.1) is 5.60 Å². The van der Waals surface area contributed by atoms with Crippen LogP contribution in [0, 0.1) is 0 Å². The summed E-state index contributed by atoms with van der Waals surface area (Å²) in [5.41, 5.74) is 1.96. The number of fused-ring (bicyclic) bond motifs is 1. The third kappa shape index (κ3) is 2.73. The summed E-state index contributed by atoms with van der Waals surface area (Å²) in [5, 5.41) is 20.5. The Morgan fingerprint density at radius 3 is 2.70 bits per heavy atom. The van der Waals surface area contributed by atoms with Crippen LogP contribution in [0.15, 0.2) is 0 Å². The average Bonchev–Trinajstić information content (AvgIpc) is 2.97. The minimum Gasteiger partial charge on any atom is -0.388 e. The predicted octanol–water partition coefficient (Wildman–Crippen LogP) is 1.71. The first-order valence-electron chi connectivity index (χ1n) is 7.75. The van der Waals surface area contributed by atoms with Crippen LogP contribution >= 0.6 is 0 Å². The molecule has 0 saturated heterocycles. The number of carbonyl (C=O) groups is 1. The molecule has 2 aliphatic rings. The van der Waals surface area contributed by atoms with Gasteiger partial charge in [0.2, 0.25) is 0 Å². The third-order valence-corrected chi connectivity index (χ3v) is 4.63. The van der Waals surface area contributed by atoms with Crippen LogP contribution in [0.4, 0.5) is 0 Å². The van der Waals surface area contributed by atoms with Gasteiger partial charge in [0.1, 0.15) is 0 Å². The van der Waals surface area contributed by atoms with Crippen LogP contribution in [0.5, 0.6) is 0 Å². The summed E-state index contributed by atoms with van der Waals surface area (Å²) in [4.78, 5) is 12.2. The number of amides is 1. The lowest BCUT2D eigenvalue weighted by atomic mass is 9.94. The molecule has 110 valence electrons. The molecule has 5 nitrogen and oxygen atoms in total. The number of carbonyl (C=O) groups excluding carboxylic acids is 1. The molecule has 0 bridgehead atoms. The molecular formula is C15H23N3O2. The van der Waals surface area contributed by atoms with Gasteiger partial charge in [0.25, 0.3) is 5.91 Å². The van der Waals surface area contributed by atoms with E-state index in [2.05, 4.69) is 15.5 Å². The number of rotatable bonds is 3. The maximum Gasteiger partial charge on any atom is 0.272 e. The fourth-order valence-electron chi connectivity index (χ4n) is 3.40. The van der Waals surface area contributed by atoms with E-state index in [4.69, 9.17) is 0 Å². The molecule has 0 aliphatic heterocycles. The predicted molar refractivity (Wildman–Crippen MR) is 75.6 cm³/mol. The first-order chi connectivity index (χ1) is 9.68. The van der Waals surface area contributed by atoms with Crippen molar-refractivity contribution in [2.45, 2.75) is 63.4 Å². The van der Waals surface area contributed by atoms with Crippen molar-refractivity contribution >= 4 is 5.91 Å². The molecule has 1 amide bonds. The standard InChI is InChI=1S/C15H23N3O2/c19-14(13-11-6-5-7-12(11)17-18-13)16-10-15(20)8-3-1-2-4-9-15/h20H,1-10H2,(H,16,19)(H,17,18). The molecule has 0 unspecified atom stereocenters. The van der Waals surface area contributed by atoms with Crippen molar-refractivity contribution in [2.24, 2.45) is 0 Å². The topological polar surface area (TPSA) is 78.0 Å². The van der Waals surface area contributed by atoms with Crippen molar-refractivity contribution in [3.63, 3.8) is 0 Å². The maximum atomic E-state index is 12.2. The number of aromatic nitrogens is 2. The van der Waals surface area contributed by atoms with Gasteiger partial charge >= 0.3 is 0 Å². The highest BCUT2D eigenvalue weighted by molar-refractivity contribution is 5.94. The van der Waals surface area contributed by atoms with Crippen LogP contribution in [-0.2, 0) is 12.8 Å². The van der Waals surface area contributed by atoms with Gasteiger partial charge in [-0.3, -0.25) is 9.89 Å². The Balaban J connectivity index is 1.61. The lowest BCUT2D eigenvalue weighted by Gasteiger charge is -2.26. The second-order valence-electron chi connectivity index (χ2n) is 6.20. The van der Waals surface area contributed by atoms with Crippen LogP contribution in [0.3, 0.4) is 0 Å². The quantitative estimate of drug-likeness (QED) is 0.736. The van der Waals surface area contributed by atoms with Gasteiger partial charge in [-0.1, -0.05) is 25.7 Å². The lowest BCUT2D eigenvalue weighted by molar-refractivity contribution is 0.0245. The molecular weight excluding hydrogens is 254 g/mol. The molecule has 2 aliphatic carbocycles. The van der Waals surface area contributed by atoms with Crippen molar-refractivity contribution < 1.29 is 9.90 Å². The molecule has 3 N–H and O–H groups in total. The van der Waals surface area contributed by atoms with Gasteiger partial charge in [-0.05, 0) is 32.1 Å². The van der Waals surface area contributed by atoms with Gasteiger partial charge in [0, 0.05) is 17.8 Å². The monoisotopic (exact) mass is 277 g/mol. The van der Waals surface area contributed by atoms with Crippen molar-refractivity contribution in [1.29, 1.82) is 0 Å². The van der Waals surface area contributed by atoms with Crippen LogP contribution in [-0.4, -0.2) is 33.4 Å². The molecule has 0 atom stereocenters. The van der Waals surface area contributed by atoms with E-state index in [0.29, 0.717) is 12.2 Å². The fourth-order valence-corrected chi connectivity index (χ4v) is 3.40. The second-order valence-corrected chi connectivity index (χ2v) is 6.20. The van der Waals surface area contributed by atoms with Gasteiger partial charge in [0.15, 0.2) is 5.69 Å². The zero-order valence-corrected chi connectivity index (χ0v) is 11.9. The molecule has 0 spiro atoms. The SMILES string of the molecule is O=C(NCC1(O)CCCCCC1)c1n[nH]c2c1CCC2. The smallest absolute Gasteiger partial charge is 0.272 e. The van der Waals surface area contributed by atoms with Gasteiger partial charge in [-0.2, -0.15) is 5.10 Å². The molecule has 1 aromatic heterocycles. The first kappa shape index (κ1) is 13.6. The molecule has 1 fully saturated rings. The molecule has 1 heterocycles. The third-order valence-electron chi connectivity index (χ3n) is 4.63.